The van der Waals surface area contributed by atoms with Crippen LogP contribution in [-0.4, -0.2) is 45.4 Å². The molecule has 6 nitrogen and oxygen atoms in total. The maximum absolute atomic E-state index is 12.7. The average Bonchev–Trinajstić information content (AvgIpc) is 3.00. The van der Waals surface area contributed by atoms with E-state index in [-0.39, 0.29) is 29.8 Å². The lowest BCUT2D eigenvalue weighted by Crippen LogP contribution is -2.34. The van der Waals surface area contributed by atoms with Gasteiger partial charge in [-0.3, -0.25) is 4.79 Å². The molecule has 1 saturated heterocycles. The minimum atomic E-state index is -3.66. The first-order chi connectivity index (χ1) is 12.1. The number of carbonyl (C=O) groups is 1. The lowest BCUT2D eigenvalue weighted by molar-refractivity contribution is 0.0766. The quantitative estimate of drug-likeness (QED) is 0.783. The third-order valence-corrected chi connectivity index (χ3v) is 6.31. The van der Waals surface area contributed by atoms with Gasteiger partial charge in [-0.1, -0.05) is 12.1 Å². The van der Waals surface area contributed by atoms with E-state index in [0.717, 1.165) is 24.4 Å². The Hall–Kier alpha value is -1.45. The van der Waals surface area contributed by atoms with E-state index in [1.54, 1.807) is 17.0 Å². The number of halogens is 1. The lowest BCUT2D eigenvalue weighted by Gasteiger charge is -2.20. The molecule has 1 aromatic heterocycles. The Morgan fingerprint density at radius 3 is 2.81 bits per heavy atom. The molecule has 0 radical (unpaired) electrons. The van der Waals surface area contributed by atoms with E-state index in [1.165, 1.54) is 23.5 Å². The van der Waals surface area contributed by atoms with E-state index >= 15 is 0 Å². The fourth-order valence-electron chi connectivity index (χ4n) is 2.69. The molecule has 0 spiro atoms. The zero-order chi connectivity index (χ0) is 17.7. The van der Waals surface area contributed by atoms with Crippen LogP contribution in [0.1, 0.15) is 21.7 Å². The Bertz CT molecular complexity index is 818. The van der Waals surface area contributed by atoms with Crippen molar-refractivity contribution in [2.45, 2.75) is 17.9 Å². The second-order valence-corrected chi connectivity index (χ2v) is 8.63. The summed E-state index contributed by atoms with van der Waals surface area (Å²) in [7, 11) is -3.66. The van der Waals surface area contributed by atoms with Crippen LogP contribution in [0.5, 0.6) is 0 Å². The van der Waals surface area contributed by atoms with Gasteiger partial charge < -0.3 is 10.2 Å². The van der Waals surface area contributed by atoms with Gasteiger partial charge in [-0.25, -0.2) is 13.1 Å². The van der Waals surface area contributed by atoms with Crippen LogP contribution >= 0.6 is 23.7 Å². The maximum Gasteiger partial charge on any atom is 0.253 e. The monoisotopic (exact) mass is 415 g/mol. The number of rotatable bonds is 5. The SMILES string of the molecule is Cl.O=C(c1cccc(S(=O)(=O)NCc2cccs2)c1)N1CCCNCC1. The molecule has 26 heavy (non-hydrogen) atoms. The number of hydrogen-bond acceptors (Lipinski definition) is 5. The summed E-state index contributed by atoms with van der Waals surface area (Å²) in [6.45, 7) is 3.21. The van der Waals surface area contributed by atoms with Gasteiger partial charge in [0.1, 0.15) is 0 Å². The third-order valence-electron chi connectivity index (χ3n) is 4.04. The molecule has 1 aliphatic heterocycles. The molecule has 1 aromatic carbocycles. The number of hydrogen-bond donors (Lipinski definition) is 2. The van der Waals surface area contributed by atoms with Crippen LogP contribution in [0.3, 0.4) is 0 Å². The topological polar surface area (TPSA) is 78.5 Å². The van der Waals surface area contributed by atoms with Crippen molar-refractivity contribution >= 4 is 39.7 Å². The molecule has 3 rings (SSSR count). The Balaban J connectivity index is 0.00000243. The normalized spacial score (nSPS) is 15.2. The largest absolute Gasteiger partial charge is 0.337 e. The highest BCUT2D eigenvalue weighted by Gasteiger charge is 2.20. The van der Waals surface area contributed by atoms with Crippen LogP contribution in [0.25, 0.3) is 0 Å². The molecule has 1 amide bonds. The van der Waals surface area contributed by atoms with Gasteiger partial charge in [-0.15, -0.1) is 23.7 Å². The number of sulfonamides is 1. The smallest absolute Gasteiger partial charge is 0.253 e. The van der Waals surface area contributed by atoms with Crippen LogP contribution in [0.2, 0.25) is 0 Å². The van der Waals surface area contributed by atoms with Crippen molar-refractivity contribution in [3.05, 3.63) is 52.2 Å². The van der Waals surface area contributed by atoms with Gasteiger partial charge in [0, 0.05) is 36.6 Å². The minimum absolute atomic E-state index is 0. The molecule has 0 aliphatic carbocycles. The van der Waals surface area contributed by atoms with Crippen molar-refractivity contribution in [3.8, 4) is 0 Å². The molecule has 1 aliphatic rings. The Labute approximate surface area is 164 Å². The number of amides is 1. The van der Waals surface area contributed by atoms with Crippen LogP contribution in [0.15, 0.2) is 46.7 Å². The van der Waals surface area contributed by atoms with E-state index in [4.69, 9.17) is 0 Å². The first kappa shape index (κ1) is 20.9. The highest BCUT2D eigenvalue weighted by atomic mass is 35.5. The van der Waals surface area contributed by atoms with Crippen molar-refractivity contribution in [2.75, 3.05) is 26.2 Å². The summed E-state index contributed by atoms with van der Waals surface area (Å²) >= 11 is 1.49. The highest BCUT2D eigenvalue weighted by molar-refractivity contribution is 7.89. The zero-order valence-electron chi connectivity index (χ0n) is 14.2. The number of nitrogens with zero attached hydrogens (tertiary/aromatic N) is 1. The number of carbonyl (C=O) groups excluding carboxylic acids is 1. The molecule has 2 N–H and O–H groups in total. The molecule has 9 heteroatoms. The van der Waals surface area contributed by atoms with Gasteiger partial charge in [0.2, 0.25) is 10.0 Å². The van der Waals surface area contributed by atoms with Crippen LogP contribution in [0, 0.1) is 0 Å². The van der Waals surface area contributed by atoms with E-state index in [9.17, 15) is 13.2 Å². The Morgan fingerprint density at radius 2 is 2.04 bits per heavy atom. The Kier molecular flexibility index (Phi) is 7.60. The summed E-state index contributed by atoms with van der Waals surface area (Å²) in [5, 5.41) is 5.15. The van der Waals surface area contributed by atoms with Gasteiger partial charge >= 0.3 is 0 Å². The molecule has 0 atom stereocenters. The van der Waals surface area contributed by atoms with E-state index < -0.39 is 10.0 Å². The predicted octanol–water partition coefficient (Wildman–Crippen LogP) is 2.08. The number of benzene rings is 1. The van der Waals surface area contributed by atoms with E-state index in [1.807, 2.05) is 17.5 Å². The second kappa shape index (κ2) is 9.48. The maximum atomic E-state index is 12.7. The van der Waals surface area contributed by atoms with Crippen molar-refractivity contribution in [2.24, 2.45) is 0 Å². The summed E-state index contributed by atoms with van der Waals surface area (Å²) in [6, 6.07) is 10.0. The summed E-state index contributed by atoms with van der Waals surface area (Å²) in [6.07, 6.45) is 0.895. The van der Waals surface area contributed by atoms with Crippen LogP contribution in [0.4, 0.5) is 0 Å². The summed E-state index contributed by atoms with van der Waals surface area (Å²) in [5.74, 6) is -0.126. The molecular formula is C17H22ClN3O3S2. The van der Waals surface area contributed by atoms with Crippen molar-refractivity contribution in [3.63, 3.8) is 0 Å². The fraction of sp³-hybridized carbons (Fsp3) is 0.353. The summed E-state index contributed by atoms with van der Waals surface area (Å²) in [4.78, 5) is 15.5. The second-order valence-electron chi connectivity index (χ2n) is 5.83. The van der Waals surface area contributed by atoms with Crippen LogP contribution in [-0.2, 0) is 16.6 Å². The van der Waals surface area contributed by atoms with Crippen molar-refractivity contribution in [1.82, 2.24) is 14.9 Å². The Morgan fingerprint density at radius 1 is 1.19 bits per heavy atom. The molecule has 142 valence electrons. The van der Waals surface area contributed by atoms with Crippen molar-refractivity contribution < 1.29 is 13.2 Å². The van der Waals surface area contributed by atoms with Gasteiger partial charge in [0.15, 0.2) is 0 Å². The highest BCUT2D eigenvalue weighted by Crippen LogP contribution is 2.15. The summed E-state index contributed by atoms with van der Waals surface area (Å²) in [5.41, 5.74) is 0.404. The third kappa shape index (κ3) is 5.28. The molecule has 1 fully saturated rings. The summed E-state index contributed by atoms with van der Waals surface area (Å²) < 4.78 is 27.6. The standard InChI is InChI=1S/C17H21N3O3S2.ClH/c21-17(20-9-3-7-18-8-10-20)14-4-1-6-16(12-14)25(22,23)19-13-15-5-2-11-24-15;/h1-2,4-6,11-12,18-19H,3,7-10,13H2;1H. The molecule has 2 aromatic rings. The molecule has 2 heterocycles. The fourth-order valence-corrected chi connectivity index (χ4v) is 4.48. The van der Waals surface area contributed by atoms with Gasteiger partial charge in [0.05, 0.1) is 4.90 Å². The predicted molar refractivity (Wildman–Crippen MR) is 105 cm³/mol. The first-order valence-corrected chi connectivity index (χ1v) is 10.5. The van der Waals surface area contributed by atoms with Gasteiger partial charge in [0.25, 0.3) is 5.91 Å². The number of nitrogens with one attached hydrogen (secondary N) is 2. The molecule has 0 unspecified atom stereocenters. The molecular weight excluding hydrogens is 394 g/mol. The van der Waals surface area contributed by atoms with Gasteiger partial charge in [-0.2, -0.15) is 0 Å². The number of thiophene rings is 1. The zero-order valence-corrected chi connectivity index (χ0v) is 16.6. The van der Waals surface area contributed by atoms with Crippen LogP contribution < -0.4 is 10.0 Å². The molecule has 0 saturated carbocycles. The van der Waals surface area contributed by atoms with Gasteiger partial charge in [-0.05, 0) is 42.6 Å². The minimum Gasteiger partial charge on any atom is -0.337 e. The first-order valence-electron chi connectivity index (χ1n) is 8.18. The lowest BCUT2D eigenvalue weighted by atomic mass is 10.2. The molecule has 0 bridgehead atoms. The van der Waals surface area contributed by atoms with E-state index in [2.05, 4.69) is 10.0 Å². The van der Waals surface area contributed by atoms with E-state index in [0.29, 0.717) is 18.7 Å². The van der Waals surface area contributed by atoms with Crippen molar-refractivity contribution in [1.29, 1.82) is 0 Å². The average molecular weight is 416 g/mol.